The van der Waals surface area contributed by atoms with Crippen molar-refractivity contribution in [2.24, 2.45) is 0 Å². The van der Waals surface area contributed by atoms with Crippen molar-refractivity contribution in [1.29, 1.82) is 0 Å². The maximum Gasteiger partial charge on any atom is 0.460 e. The number of hydrogen-bond acceptors (Lipinski definition) is 0. The molecule has 0 aromatic heterocycles. The van der Waals surface area contributed by atoms with Gasteiger partial charge in [-0.05, 0) is 0 Å². The molecule has 0 aliphatic rings. The highest BCUT2D eigenvalue weighted by Gasteiger charge is 2.90. The molecule has 0 aromatic rings. The van der Waals surface area contributed by atoms with E-state index in [1.54, 1.807) is 0 Å². The second-order valence-corrected chi connectivity index (χ2v) is 5.56. The minimum Gasteiger partial charge on any atom is -0.200 e. The molecular weight excluding hydrogens is 383 g/mol. The van der Waals surface area contributed by atoms with Gasteiger partial charge in [-0.15, -0.1) is 0 Å². The lowest BCUT2D eigenvalue weighted by molar-refractivity contribution is -0.439. The summed E-state index contributed by atoms with van der Waals surface area (Å²) in [5, 5.41) is 0. The fourth-order valence-electron chi connectivity index (χ4n) is 1.24. The van der Waals surface area contributed by atoms with Crippen LogP contribution in [0.2, 0.25) is 12.6 Å². The van der Waals surface area contributed by atoms with Crippen LogP contribution in [0.15, 0.2) is 0 Å². The van der Waals surface area contributed by atoms with Crippen LogP contribution in [0.5, 0.6) is 0 Å². The molecule has 0 spiro atoms. The summed E-state index contributed by atoms with van der Waals surface area (Å²) in [6.07, 6.45) is -9.46. The van der Waals surface area contributed by atoms with Crippen molar-refractivity contribution in [1.82, 2.24) is 0 Å². The first-order valence-electron chi connectivity index (χ1n) is 5.41. The van der Waals surface area contributed by atoms with Gasteiger partial charge in [-0.25, -0.2) is 0 Å². The minimum atomic E-state index is -7.81. The second kappa shape index (κ2) is 5.99. The van der Waals surface area contributed by atoms with E-state index in [9.17, 15) is 57.1 Å². The first kappa shape index (κ1) is 22.3. The van der Waals surface area contributed by atoms with Crippen molar-refractivity contribution < 1.29 is 57.1 Å². The average Bonchev–Trinajstić information content (AvgIpc) is 2.34. The molecule has 0 fully saturated rings. The molecule has 14 heteroatoms. The quantitative estimate of drug-likeness (QED) is 0.410. The number of hydrogen-bond donors (Lipinski definition) is 0. The third-order valence-corrected chi connectivity index (χ3v) is 3.44. The van der Waals surface area contributed by atoms with Gasteiger partial charge in [0.05, 0.1) is 0 Å². The van der Waals surface area contributed by atoms with Crippen LogP contribution in [0.3, 0.4) is 0 Å². The van der Waals surface area contributed by atoms with Crippen LogP contribution in [-0.4, -0.2) is 45.3 Å². The Morgan fingerprint density at radius 3 is 1.22 bits per heavy atom. The molecule has 0 N–H and O–H groups in total. The largest absolute Gasteiger partial charge is 0.460 e. The van der Waals surface area contributed by atoms with Gasteiger partial charge in [-0.3, -0.25) is 0 Å². The van der Waals surface area contributed by atoms with Gasteiger partial charge in [0.1, 0.15) is 0 Å². The van der Waals surface area contributed by atoms with Gasteiger partial charge >= 0.3 is 35.8 Å². The molecule has 23 heavy (non-hydrogen) atoms. The Bertz CT molecular complexity index is 410. The highest BCUT2D eigenvalue weighted by molar-refractivity contribution is 6.33. The van der Waals surface area contributed by atoms with Crippen LogP contribution < -0.4 is 0 Å². The third kappa shape index (κ3) is 3.27. The maximum atomic E-state index is 13.0. The fourth-order valence-corrected chi connectivity index (χ4v) is 1.80. The summed E-state index contributed by atoms with van der Waals surface area (Å²) in [6.45, 7) is 1.15. The van der Waals surface area contributed by atoms with Crippen molar-refractivity contribution >= 4 is 9.52 Å². The van der Waals surface area contributed by atoms with Crippen molar-refractivity contribution in [3.05, 3.63) is 0 Å². The molecular formula is C9H7F13Si. The molecule has 0 nitrogen and oxygen atoms in total. The van der Waals surface area contributed by atoms with E-state index in [1.807, 2.05) is 0 Å². The molecule has 0 aromatic carbocycles. The maximum absolute atomic E-state index is 13.0. The Balaban J connectivity index is 6.03. The van der Waals surface area contributed by atoms with Crippen LogP contribution in [-0.2, 0) is 0 Å². The van der Waals surface area contributed by atoms with E-state index >= 15 is 0 Å². The van der Waals surface area contributed by atoms with Crippen LogP contribution in [0.4, 0.5) is 57.1 Å². The van der Waals surface area contributed by atoms with Gasteiger partial charge in [0.15, 0.2) is 0 Å². The normalized spacial score (nSPS) is 15.9. The molecule has 2 radical (unpaired) electrons. The predicted octanol–water partition coefficient (Wildman–Crippen LogP) is 5.29. The lowest BCUT2D eigenvalue weighted by Gasteiger charge is -2.39. The monoisotopic (exact) mass is 390 g/mol. The summed E-state index contributed by atoms with van der Waals surface area (Å²) in [6, 6.07) is -0.861. The third-order valence-electron chi connectivity index (χ3n) is 2.69. The standard InChI is InChI=1S/C9H7F13Si/c1-23-3-2-4(10,11)5(12,13)6(14,15)7(16,17)8(18,19)9(20,21)22/h2-3H2,1H3. The zero-order valence-corrected chi connectivity index (χ0v) is 11.8. The Hall–Kier alpha value is -0.693. The summed E-state index contributed by atoms with van der Waals surface area (Å²) in [4.78, 5) is 0. The molecule has 0 amide bonds. The summed E-state index contributed by atoms with van der Waals surface area (Å²) in [5.41, 5.74) is 0. The van der Waals surface area contributed by atoms with Gasteiger partial charge < -0.3 is 0 Å². The summed E-state index contributed by atoms with van der Waals surface area (Å²) < 4.78 is 164. The van der Waals surface area contributed by atoms with Crippen molar-refractivity contribution in [2.45, 2.75) is 54.8 Å². The molecule has 0 heterocycles. The van der Waals surface area contributed by atoms with Crippen LogP contribution in [0.25, 0.3) is 0 Å². The van der Waals surface area contributed by atoms with E-state index in [0.29, 0.717) is 0 Å². The molecule has 0 atom stereocenters. The van der Waals surface area contributed by atoms with Crippen molar-refractivity contribution in [3.63, 3.8) is 0 Å². The van der Waals surface area contributed by atoms with Gasteiger partial charge in [0.2, 0.25) is 0 Å². The van der Waals surface area contributed by atoms with E-state index in [2.05, 4.69) is 0 Å². The van der Waals surface area contributed by atoms with Crippen LogP contribution in [0, 0.1) is 0 Å². The van der Waals surface area contributed by atoms with Crippen molar-refractivity contribution in [2.75, 3.05) is 0 Å². The van der Waals surface area contributed by atoms with Gasteiger partial charge in [0.25, 0.3) is 0 Å². The zero-order chi connectivity index (χ0) is 19.1. The molecule has 0 aliphatic carbocycles. The molecule has 0 bridgehead atoms. The predicted molar refractivity (Wildman–Crippen MR) is 51.8 cm³/mol. The van der Waals surface area contributed by atoms with E-state index in [-0.39, 0.29) is 0 Å². The molecule has 0 unspecified atom stereocenters. The fraction of sp³-hybridized carbons (Fsp3) is 1.00. The highest BCUT2D eigenvalue weighted by atomic mass is 28.2. The van der Waals surface area contributed by atoms with E-state index in [4.69, 9.17) is 0 Å². The Morgan fingerprint density at radius 1 is 0.565 bits per heavy atom. The zero-order valence-electron chi connectivity index (χ0n) is 10.8. The van der Waals surface area contributed by atoms with E-state index in [1.165, 1.54) is 0 Å². The van der Waals surface area contributed by atoms with Crippen molar-refractivity contribution in [3.8, 4) is 0 Å². The Labute approximate surface area is 122 Å². The number of rotatable bonds is 7. The Morgan fingerprint density at radius 2 is 0.913 bits per heavy atom. The molecule has 0 saturated heterocycles. The molecule has 138 valence electrons. The highest BCUT2D eigenvalue weighted by Crippen LogP contribution is 2.60. The molecule has 0 aliphatic heterocycles. The lowest BCUT2D eigenvalue weighted by atomic mass is 9.93. The van der Waals surface area contributed by atoms with Gasteiger partial charge in [-0.1, -0.05) is 12.6 Å². The Kier molecular flexibility index (Phi) is 5.81. The average molecular weight is 390 g/mol. The van der Waals surface area contributed by atoms with Gasteiger partial charge in [-0.2, -0.15) is 57.1 Å². The SMILES string of the molecule is C[Si]CCC(F)(F)C(F)(F)C(F)(F)C(F)(F)C(F)(F)C(F)(F)F. The molecule has 0 saturated carbocycles. The summed E-state index contributed by atoms with van der Waals surface area (Å²) in [5.74, 6) is -36.2. The van der Waals surface area contributed by atoms with E-state index in [0.717, 1.165) is 6.55 Å². The summed E-state index contributed by atoms with van der Waals surface area (Å²) in [7, 11) is -0.513. The minimum absolute atomic E-state index is 0.513. The smallest absolute Gasteiger partial charge is 0.200 e. The number of halogens is 13. The lowest BCUT2D eigenvalue weighted by Crippen LogP contribution is -2.70. The van der Waals surface area contributed by atoms with Gasteiger partial charge in [0, 0.05) is 15.9 Å². The summed E-state index contributed by atoms with van der Waals surface area (Å²) >= 11 is 0. The first-order chi connectivity index (χ1) is 9.81. The van der Waals surface area contributed by atoms with Crippen LogP contribution in [0.1, 0.15) is 6.42 Å². The topological polar surface area (TPSA) is 0 Å². The van der Waals surface area contributed by atoms with Crippen LogP contribution >= 0.6 is 0 Å². The first-order valence-corrected chi connectivity index (χ1v) is 7.12. The van der Waals surface area contributed by atoms with E-state index < -0.39 is 57.8 Å². The number of alkyl halides is 13. The molecule has 0 rings (SSSR count). The second-order valence-electron chi connectivity index (χ2n) is 4.35.